The second-order valence-corrected chi connectivity index (χ2v) is 5.68. The summed E-state index contributed by atoms with van der Waals surface area (Å²) in [7, 11) is 0. The Bertz CT molecular complexity index is 794. The number of nitrogens with two attached hydrogens (primary N) is 1. The fourth-order valence-corrected chi connectivity index (χ4v) is 2.91. The van der Waals surface area contributed by atoms with Crippen LogP contribution >= 0.6 is 0 Å². The highest BCUT2D eigenvalue weighted by Gasteiger charge is 2.18. The highest BCUT2D eigenvalue weighted by atomic mass is 15.2. The molecule has 0 aliphatic carbocycles. The van der Waals surface area contributed by atoms with Crippen LogP contribution in [0.25, 0.3) is 22.4 Å². The number of piperidine rings is 1. The normalized spacial score (nSPS) is 16.3. The number of aromatic amines is 1. The van der Waals surface area contributed by atoms with Crippen molar-refractivity contribution in [1.82, 2.24) is 20.2 Å². The van der Waals surface area contributed by atoms with Crippen LogP contribution in [0.2, 0.25) is 0 Å². The minimum Gasteiger partial charge on any atom is -0.356 e. The SMILES string of the molecule is NC1CCN(c2cccc(-c3[nH]nc4ncccc34)n2)CC1.[HH]. The first-order valence-electron chi connectivity index (χ1n) is 7.58. The Morgan fingerprint density at radius 3 is 2.91 bits per heavy atom. The third-order valence-electron chi connectivity index (χ3n) is 4.18. The van der Waals surface area contributed by atoms with Gasteiger partial charge < -0.3 is 10.6 Å². The van der Waals surface area contributed by atoms with E-state index in [9.17, 15) is 0 Å². The molecule has 0 aromatic carbocycles. The van der Waals surface area contributed by atoms with Gasteiger partial charge in [0.25, 0.3) is 0 Å². The molecule has 114 valence electrons. The Balaban J connectivity index is 0.00000156. The van der Waals surface area contributed by atoms with Gasteiger partial charge in [0.05, 0.1) is 11.4 Å². The third kappa shape index (κ3) is 2.31. The lowest BCUT2D eigenvalue weighted by molar-refractivity contribution is 0.499. The maximum absolute atomic E-state index is 5.98. The maximum atomic E-state index is 5.98. The van der Waals surface area contributed by atoms with Crippen LogP contribution in [0.3, 0.4) is 0 Å². The standard InChI is InChI=1S/C16H18N6.H2/c17-11-6-9-22(10-7-11)14-5-1-4-13(19-14)15-12-3-2-8-18-16(12)21-20-15;/h1-5,8,11H,6-7,9-10,17H2,(H,18,20,21);1H. The summed E-state index contributed by atoms with van der Waals surface area (Å²) >= 11 is 0. The van der Waals surface area contributed by atoms with E-state index in [1.165, 1.54) is 0 Å². The van der Waals surface area contributed by atoms with Crippen molar-refractivity contribution in [3.8, 4) is 11.4 Å². The van der Waals surface area contributed by atoms with Gasteiger partial charge in [0.1, 0.15) is 5.82 Å². The second kappa shape index (κ2) is 5.38. The monoisotopic (exact) mass is 296 g/mol. The lowest BCUT2D eigenvalue weighted by atomic mass is 10.1. The number of fused-ring (bicyclic) bond motifs is 1. The highest BCUT2D eigenvalue weighted by Crippen LogP contribution is 2.26. The summed E-state index contributed by atoms with van der Waals surface area (Å²) in [5, 5.41) is 8.29. The summed E-state index contributed by atoms with van der Waals surface area (Å²) in [6.07, 6.45) is 3.78. The average molecular weight is 296 g/mol. The molecule has 3 N–H and O–H groups in total. The van der Waals surface area contributed by atoms with Crippen LogP contribution in [-0.4, -0.2) is 39.3 Å². The Morgan fingerprint density at radius 1 is 1.18 bits per heavy atom. The molecule has 4 heterocycles. The molecule has 0 radical (unpaired) electrons. The minimum atomic E-state index is 0. The van der Waals surface area contributed by atoms with Crippen LogP contribution in [-0.2, 0) is 0 Å². The molecule has 0 atom stereocenters. The number of H-pyrrole nitrogens is 1. The lowest BCUT2D eigenvalue weighted by Gasteiger charge is -2.31. The smallest absolute Gasteiger partial charge is 0.181 e. The molecule has 0 saturated carbocycles. The highest BCUT2D eigenvalue weighted by molar-refractivity contribution is 5.89. The van der Waals surface area contributed by atoms with E-state index in [1.54, 1.807) is 6.20 Å². The van der Waals surface area contributed by atoms with Crippen LogP contribution in [0, 0.1) is 0 Å². The number of anilines is 1. The topological polar surface area (TPSA) is 83.7 Å². The van der Waals surface area contributed by atoms with E-state index in [0.717, 1.165) is 48.5 Å². The van der Waals surface area contributed by atoms with E-state index < -0.39 is 0 Å². The molecular weight excluding hydrogens is 276 g/mol. The summed E-state index contributed by atoms with van der Waals surface area (Å²) in [5.74, 6) is 0.996. The van der Waals surface area contributed by atoms with E-state index in [-0.39, 0.29) is 1.43 Å². The first-order chi connectivity index (χ1) is 10.8. The van der Waals surface area contributed by atoms with Crippen LogP contribution in [0.4, 0.5) is 5.82 Å². The van der Waals surface area contributed by atoms with Gasteiger partial charge in [-0.1, -0.05) is 6.07 Å². The molecule has 0 bridgehead atoms. The zero-order valence-corrected chi connectivity index (χ0v) is 12.2. The van der Waals surface area contributed by atoms with Crippen molar-refractivity contribution in [3.05, 3.63) is 36.5 Å². The predicted octanol–water partition coefficient (Wildman–Crippen LogP) is 2.19. The first kappa shape index (κ1) is 13.2. The van der Waals surface area contributed by atoms with Crippen molar-refractivity contribution in [1.29, 1.82) is 0 Å². The molecule has 22 heavy (non-hydrogen) atoms. The minimum absolute atomic E-state index is 0. The van der Waals surface area contributed by atoms with Gasteiger partial charge in [-0.25, -0.2) is 9.97 Å². The van der Waals surface area contributed by atoms with Crippen LogP contribution in [0.1, 0.15) is 14.3 Å². The van der Waals surface area contributed by atoms with Gasteiger partial charge in [0.2, 0.25) is 0 Å². The van der Waals surface area contributed by atoms with Gasteiger partial charge in [-0.2, -0.15) is 5.10 Å². The maximum Gasteiger partial charge on any atom is 0.181 e. The molecule has 0 amide bonds. The van der Waals surface area contributed by atoms with E-state index >= 15 is 0 Å². The summed E-state index contributed by atoms with van der Waals surface area (Å²) in [6.45, 7) is 1.92. The number of pyridine rings is 2. The van der Waals surface area contributed by atoms with Crippen LogP contribution in [0.5, 0.6) is 0 Å². The Morgan fingerprint density at radius 2 is 2.05 bits per heavy atom. The van der Waals surface area contributed by atoms with Gasteiger partial charge >= 0.3 is 0 Å². The summed E-state index contributed by atoms with van der Waals surface area (Å²) < 4.78 is 0. The van der Waals surface area contributed by atoms with E-state index in [2.05, 4.69) is 26.1 Å². The van der Waals surface area contributed by atoms with Crippen molar-refractivity contribution >= 4 is 16.9 Å². The molecule has 0 unspecified atom stereocenters. The number of hydrogen-bond donors (Lipinski definition) is 2. The Labute approximate surface area is 129 Å². The fourth-order valence-electron chi connectivity index (χ4n) is 2.91. The molecule has 3 aromatic rings. The molecule has 1 fully saturated rings. The van der Waals surface area contributed by atoms with Crippen molar-refractivity contribution in [3.63, 3.8) is 0 Å². The molecular formula is C16H20N6. The van der Waals surface area contributed by atoms with Gasteiger partial charge in [-0.05, 0) is 37.1 Å². The third-order valence-corrected chi connectivity index (χ3v) is 4.18. The quantitative estimate of drug-likeness (QED) is 0.757. The van der Waals surface area contributed by atoms with Gasteiger partial charge in [0.15, 0.2) is 5.65 Å². The molecule has 1 aliphatic heterocycles. The summed E-state index contributed by atoms with van der Waals surface area (Å²) in [4.78, 5) is 11.3. The first-order valence-corrected chi connectivity index (χ1v) is 7.58. The molecule has 0 spiro atoms. The number of nitrogens with zero attached hydrogens (tertiary/aromatic N) is 4. The number of rotatable bonds is 2. The van der Waals surface area contributed by atoms with Crippen LogP contribution < -0.4 is 10.6 Å². The molecule has 3 aromatic heterocycles. The van der Waals surface area contributed by atoms with Crippen molar-refractivity contribution < 1.29 is 1.43 Å². The van der Waals surface area contributed by atoms with E-state index in [1.807, 2.05) is 24.3 Å². The molecule has 6 heteroatoms. The Kier molecular flexibility index (Phi) is 3.23. The van der Waals surface area contributed by atoms with Crippen molar-refractivity contribution in [2.24, 2.45) is 5.73 Å². The van der Waals surface area contributed by atoms with Crippen LogP contribution in [0.15, 0.2) is 36.5 Å². The molecule has 1 aliphatic rings. The zero-order valence-electron chi connectivity index (χ0n) is 12.2. The molecule has 1 saturated heterocycles. The molecule has 4 rings (SSSR count). The van der Waals surface area contributed by atoms with E-state index in [0.29, 0.717) is 11.7 Å². The fraction of sp³-hybridized carbons (Fsp3) is 0.312. The molecule has 6 nitrogen and oxygen atoms in total. The van der Waals surface area contributed by atoms with Crippen molar-refractivity contribution in [2.75, 3.05) is 18.0 Å². The van der Waals surface area contributed by atoms with Gasteiger partial charge in [-0.3, -0.25) is 5.10 Å². The Hall–Kier alpha value is -2.47. The average Bonchev–Trinajstić information content (AvgIpc) is 3.00. The second-order valence-electron chi connectivity index (χ2n) is 5.68. The number of aromatic nitrogens is 4. The van der Waals surface area contributed by atoms with Crippen molar-refractivity contribution in [2.45, 2.75) is 18.9 Å². The predicted molar refractivity (Wildman–Crippen MR) is 88.7 cm³/mol. The van der Waals surface area contributed by atoms with Gasteiger partial charge in [0, 0.05) is 32.1 Å². The lowest BCUT2D eigenvalue weighted by Crippen LogP contribution is -2.40. The zero-order chi connectivity index (χ0) is 14.9. The summed E-state index contributed by atoms with van der Waals surface area (Å²) in [5.41, 5.74) is 8.50. The number of hydrogen-bond acceptors (Lipinski definition) is 5. The summed E-state index contributed by atoms with van der Waals surface area (Å²) in [6, 6.07) is 10.3. The number of nitrogens with one attached hydrogen (secondary N) is 1. The largest absolute Gasteiger partial charge is 0.356 e. The van der Waals surface area contributed by atoms with E-state index in [4.69, 9.17) is 10.7 Å². The van der Waals surface area contributed by atoms with Gasteiger partial charge in [-0.15, -0.1) is 0 Å².